The minimum atomic E-state index is -0.122. The van der Waals surface area contributed by atoms with Gasteiger partial charge in [-0.15, -0.1) is 0 Å². The Balaban J connectivity index is 3.55. The Kier molecular flexibility index (Phi) is 28.1. The molecule has 0 fully saturated rings. The van der Waals surface area contributed by atoms with E-state index in [1.54, 1.807) is 0 Å². The van der Waals surface area contributed by atoms with Gasteiger partial charge in [-0.2, -0.15) is 0 Å². The predicted molar refractivity (Wildman–Crippen MR) is 162 cm³/mol. The zero-order chi connectivity index (χ0) is 28.1. The third-order valence-electron chi connectivity index (χ3n) is 7.61. The summed E-state index contributed by atoms with van der Waals surface area (Å²) in [4.78, 5) is 24.2. The molecule has 38 heavy (non-hydrogen) atoms. The molecule has 2 unspecified atom stereocenters. The number of hydrogen-bond donors (Lipinski definition) is 0. The number of carbonyl (C=O) groups is 2. The highest BCUT2D eigenvalue weighted by molar-refractivity contribution is 5.69. The number of esters is 2. The fraction of sp³-hybridized carbons (Fsp3) is 0.941. The van der Waals surface area contributed by atoms with E-state index in [4.69, 9.17) is 9.47 Å². The molecule has 0 amide bonds. The third-order valence-corrected chi connectivity index (χ3v) is 7.61. The van der Waals surface area contributed by atoms with E-state index in [1.165, 1.54) is 116 Å². The molecule has 0 heterocycles. The van der Waals surface area contributed by atoms with Crippen LogP contribution < -0.4 is 0 Å². The first kappa shape index (κ1) is 36.9. The molecule has 0 aromatic carbocycles. The summed E-state index contributed by atoms with van der Waals surface area (Å²) in [7, 11) is 0. The molecule has 0 aliphatic carbocycles. The van der Waals surface area contributed by atoms with Crippen LogP contribution in [0.15, 0.2) is 0 Å². The highest BCUT2D eigenvalue weighted by Gasteiger charge is 2.14. The van der Waals surface area contributed by atoms with Crippen molar-refractivity contribution in [2.45, 2.75) is 207 Å². The van der Waals surface area contributed by atoms with Gasteiger partial charge in [-0.05, 0) is 39.5 Å². The highest BCUT2D eigenvalue weighted by atomic mass is 16.5. The average molecular weight is 539 g/mol. The molecule has 0 aromatic heterocycles. The summed E-state index contributed by atoms with van der Waals surface area (Å²) in [6.45, 7) is 8.41. The van der Waals surface area contributed by atoms with Crippen molar-refractivity contribution in [2.75, 3.05) is 0 Å². The quantitative estimate of drug-likeness (QED) is 0.0702. The van der Waals surface area contributed by atoms with Crippen LogP contribution >= 0.6 is 0 Å². The minimum absolute atomic E-state index is 0.0884. The van der Waals surface area contributed by atoms with E-state index in [2.05, 4.69) is 13.8 Å². The molecular weight excluding hydrogens is 472 g/mol. The van der Waals surface area contributed by atoms with Gasteiger partial charge in [0.1, 0.15) is 0 Å². The normalized spacial score (nSPS) is 12.8. The molecule has 0 rings (SSSR count). The van der Waals surface area contributed by atoms with Crippen LogP contribution in [0.4, 0.5) is 0 Å². The monoisotopic (exact) mass is 538 g/mol. The zero-order valence-corrected chi connectivity index (χ0v) is 26.2. The lowest BCUT2D eigenvalue weighted by molar-refractivity contribution is -0.152. The first-order chi connectivity index (χ1) is 18.5. The number of unbranched alkanes of at least 4 members (excludes halogenated alkanes) is 20. The summed E-state index contributed by atoms with van der Waals surface area (Å²) < 4.78 is 11.1. The van der Waals surface area contributed by atoms with Gasteiger partial charge in [0.2, 0.25) is 0 Å². The van der Waals surface area contributed by atoms with Crippen LogP contribution in [-0.4, -0.2) is 24.1 Å². The zero-order valence-electron chi connectivity index (χ0n) is 26.2. The van der Waals surface area contributed by atoms with Gasteiger partial charge in [-0.1, -0.05) is 142 Å². The summed E-state index contributed by atoms with van der Waals surface area (Å²) in [6, 6.07) is 0. The first-order valence-corrected chi connectivity index (χ1v) is 16.9. The summed E-state index contributed by atoms with van der Waals surface area (Å²) >= 11 is 0. The molecule has 4 heteroatoms. The fourth-order valence-corrected chi connectivity index (χ4v) is 5.02. The average Bonchev–Trinajstić information content (AvgIpc) is 2.89. The van der Waals surface area contributed by atoms with Gasteiger partial charge in [0, 0.05) is 12.8 Å². The van der Waals surface area contributed by atoms with Crippen molar-refractivity contribution in [3.63, 3.8) is 0 Å². The van der Waals surface area contributed by atoms with Crippen LogP contribution in [0.2, 0.25) is 0 Å². The molecule has 0 saturated heterocycles. The lowest BCUT2D eigenvalue weighted by Gasteiger charge is -2.17. The standard InChI is InChI=1S/C34H66O4/c1-5-7-9-11-13-15-17-19-21-23-25-27-33(35)37-31(3)29-30-32(4)38-34(36)28-26-24-22-20-18-16-14-12-10-8-6-2/h31-32H,5-30H2,1-4H3. The third kappa shape index (κ3) is 28.0. The van der Waals surface area contributed by atoms with E-state index in [-0.39, 0.29) is 24.1 Å². The summed E-state index contributed by atoms with van der Waals surface area (Å²) in [5, 5.41) is 0. The van der Waals surface area contributed by atoms with Gasteiger partial charge in [0.05, 0.1) is 12.2 Å². The summed E-state index contributed by atoms with van der Waals surface area (Å²) in [5.41, 5.74) is 0. The Hall–Kier alpha value is -1.06. The van der Waals surface area contributed by atoms with Crippen molar-refractivity contribution in [1.82, 2.24) is 0 Å². The van der Waals surface area contributed by atoms with Crippen molar-refractivity contribution in [3.8, 4) is 0 Å². The molecular formula is C34H66O4. The van der Waals surface area contributed by atoms with E-state index in [1.807, 2.05) is 13.8 Å². The lowest BCUT2D eigenvalue weighted by Crippen LogP contribution is -2.19. The van der Waals surface area contributed by atoms with E-state index >= 15 is 0 Å². The van der Waals surface area contributed by atoms with Crippen LogP contribution in [0.3, 0.4) is 0 Å². The van der Waals surface area contributed by atoms with Gasteiger partial charge >= 0.3 is 11.9 Å². The Bertz CT molecular complexity index is 473. The van der Waals surface area contributed by atoms with Gasteiger partial charge < -0.3 is 9.47 Å². The van der Waals surface area contributed by atoms with Crippen LogP contribution in [0.25, 0.3) is 0 Å². The maximum absolute atomic E-state index is 12.1. The predicted octanol–water partition coefficient (Wildman–Crippen LogP) is 11.0. The van der Waals surface area contributed by atoms with E-state index in [9.17, 15) is 9.59 Å². The molecule has 0 aliphatic heterocycles. The smallest absolute Gasteiger partial charge is 0.306 e. The summed E-state index contributed by atoms with van der Waals surface area (Å²) in [5.74, 6) is -0.177. The topological polar surface area (TPSA) is 52.6 Å². The Morgan fingerprint density at radius 3 is 0.921 bits per heavy atom. The second-order valence-electron chi connectivity index (χ2n) is 11.7. The van der Waals surface area contributed by atoms with Crippen molar-refractivity contribution < 1.29 is 19.1 Å². The van der Waals surface area contributed by atoms with Gasteiger partial charge in [0.15, 0.2) is 0 Å². The summed E-state index contributed by atoms with van der Waals surface area (Å²) in [6.07, 6.45) is 30.4. The van der Waals surface area contributed by atoms with Crippen molar-refractivity contribution in [1.29, 1.82) is 0 Å². The Morgan fingerprint density at radius 2 is 0.658 bits per heavy atom. The van der Waals surface area contributed by atoms with Crippen molar-refractivity contribution >= 4 is 11.9 Å². The van der Waals surface area contributed by atoms with Gasteiger partial charge in [-0.25, -0.2) is 0 Å². The second kappa shape index (κ2) is 28.9. The molecule has 226 valence electrons. The van der Waals surface area contributed by atoms with Gasteiger partial charge in [0.25, 0.3) is 0 Å². The number of carbonyl (C=O) groups excluding carboxylic acids is 2. The molecule has 0 saturated carbocycles. The van der Waals surface area contributed by atoms with Crippen LogP contribution in [0, 0.1) is 0 Å². The van der Waals surface area contributed by atoms with E-state index < -0.39 is 0 Å². The minimum Gasteiger partial charge on any atom is -0.463 e. The van der Waals surface area contributed by atoms with E-state index in [0.29, 0.717) is 12.8 Å². The van der Waals surface area contributed by atoms with Gasteiger partial charge in [-0.3, -0.25) is 9.59 Å². The Labute approximate surface area is 237 Å². The molecule has 0 radical (unpaired) electrons. The molecule has 4 nitrogen and oxygen atoms in total. The van der Waals surface area contributed by atoms with Crippen LogP contribution in [0.5, 0.6) is 0 Å². The lowest BCUT2D eigenvalue weighted by atomic mass is 10.1. The second-order valence-corrected chi connectivity index (χ2v) is 11.7. The molecule has 0 spiro atoms. The van der Waals surface area contributed by atoms with E-state index in [0.717, 1.165) is 38.5 Å². The van der Waals surface area contributed by atoms with Crippen LogP contribution in [0.1, 0.15) is 195 Å². The van der Waals surface area contributed by atoms with Crippen molar-refractivity contribution in [3.05, 3.63) is 0 Å². The SMILES string of the molecule is CCCCCCCCCCCCCC(=O)OC(C)CCC(C)OC(=O)CCCCCCCCCCCCC. The van der Waals surface area contributed by atoms with Crippen LogP contribution in [-0.2, 0) is 19.1 Å². The molecule has 0 aromatic rings. The number of hydrogen-bond acceptors (Lipinski definition) is 4. The highest BCUT2D eigenvalue weighted by Crippen LogP contribution is 2.15. The number of rotatable bonds is 29. The molecule has 0 bridgehead atoms. The Morgan fingerprint density at radius 1 is 0.421 bits per heavy atom. The number of ether oxygens (including phenoxy) is 2. The largest absolute Gasteiger partial charge is 0.463 e. The molecule has 0 N–H and O–H groups in total. The first-order valence-electron chi connectivity index (χ1n) is 16.9. The molecule has 2 atom stereocenters. The fourth-order valence-electron chi connectivity index (χ4n) is 5.02. The maximum Gasteiger partial charge on any atom is 0.306 e. The van der Waals surface area contributed by atoms with Crippen molar-refractivity contribution in [2.24, 2.45) is 0 Å². The molecule has 0 aliphatic rings. The maximum atomic E-state index is 12.1.